The van der Waals surface area contributed by atoms with Crippen molar-refractivity contribution >= 4 is 0 Å². The number of hydrogen-bond acceptors (Lipinski definition) is 2. The van der Waals surface area contributed by atoms with Crippen molar-refractivity contribution in [3.63, 3.8) is 0 Å². The molecule has 0 bridgehead atoms. The fraction of sp³-hybridized carbons (Fsp3) is 0.538. The van der Waals surface area contributed by atoms with E-state index in [9.17, 15) is 0 Å². The molecule has 2 nitrogen and oxygen atoms in total. The molecular formula is C13H21NO. The Hall–Kier alpha value is -1.02. The number of rotatable bonds is 5. The largest absolute Gasteiger partial charge is 0.493 e. The molecule has 0 saturated carbocycles. The Morgan fingerprint density at radius 3 is 2.27 bits per heavy atom. The summed E-state index contributed by atoms with van der Waals surface area (Å²) in [5.41, 5.74) is 0.180. The molecule has 0 fully saturated rings. The van der Waals surface area contributed by atoms with Gasteiger partial charge in [-0.25, -0.2) is 0 Å². The van der Waals surface area contributed by atoms with Gasteiger partial charge in [0.05, 0.1) is 6.61 Å². The highest BCUT2D eigenvalue weighted by Gasteiger charge is 2.19. The van der Waals surface area contributed by atoms with Crippen molar-refractivity contribution in [3.05, 3.63) is 30.3 Å². The maximum Gasteiger partial charge on any atom is 0.119 e. The highest BCUT2D eigenvalue weighted by Crippen LogP contribution is 2.18. The molecule has 0 aliphatic heterocycles. The van der Waals surface area contributed by atoms with E-state index in [4.69, 9.17) is 4.74 Å². The Labute approximate surface area is 92.9 Å². The maximum atomic E-state index is 5.74. The fourth-order valence-corrected chi connectivity index (χ4v) is 1.70. The average Bonchev–Trinajstić information content (AvgIpc) is 2.15. The summed E-state index contributed by atoms with van der Waals surface area (Å²) >= 11 is 0. The number of ether oxygens (including phenoxy) is 1. The standard InChI is InChI=1S/C13H21NO/c1-13(2,10-14(3)4)11-15-12-8-6-5-7-9-12/h5-9H,10-11H2,1-4H3. The van der Waals surface area contributed by atoms with Crippen LogP contribution in [0.4, 0.5) is 0 Å². The molecule has 1 aromatic carbocycles. The maximum absolute atomic E-state index is 5.74. The van der Waals surface area contributed by atoms with Gasteiger partial charge in [-0.05, 0) is 26.2 Å². The molecule has 15 heavy (non-hydrogen) atoms. The Morgan fingerprint density at radius 1 is 1.13 bits per heavy atom. The second-order valence-electron chi connectivity index (χ2n) is 5.00. The van der Waals surface area contributed by atoms with Gasteiger partial charge >= 0.3 is 0 Å². The van der Waals surface area contributed by atoms with E-state index in [2.05, 4.69) is 32.8 Å². The van der Waals surface area contributed by atoms with Crippen molar-refractivity contribution in [3.8, 4) is 5.75 Å². The van der Waals surface area contributed by atoms with Gasteiger partial charge in [0.25, 0.3) is 0 Å². The second-order valence-corrected chi connectivity index (χ2v) is 5.00. The summed E-state index contributed by atoms with van der Waals surface area (Å²) in [4.78, 5) is 2.19. The highest BCUT2D eigenvalue weighted by molar-refractivity contribution is 5.20. The van der Waals surface area contributed by atoms with Gasteiger partial charge in [0.2, 0.25) is 0 Å². The van der Waals surface area contributed by atoms with E-state index in [-0.39, 0.29) is 5.41 Å². The zero-order valence-electron chi connectivity index (χ0n) is 10.2. The Bertz CT molecular complexity index is 280. The van der Waals surface area contributed by atoms with Gasteiger partial charge in [-0.15, -0.1) is 0 Å². The molecule has 0 saturated heterocycles. The van der Waals surface area contributed by atoms with Crippen molar-refractivity contribution < 1.29 is 4.74 Å². The van der Waals surface area contributed by atoms with Crippen LogP contribution in [0.5, 0.6) is 5.75 Å². The average molecular weight is 207 g/mol. The SMILES string of the molecule is CN(C)CC(C)(C)COc1ccccc1. The number of benzene rings is 1. The van der Waals surface area contributed by atoms with Crippen LogP contribution in [0.15, 0.2) is 30.3 Å². The first-order valence-electron chi connectivity index (χ1n) is 5.32. The lowest BCUT2D eigenvalue weighted by atomic mass is 9.94. The second kappa shape index (κ2) is 5.17. The lowest BCUT2D eigenvalue weighted by Crippen LogP contribution is -2.33. The van der Waals surface area contributed by atoms with Crippen molar-refractivity contribution in [1.29, 1.82) is 0 Å². The molecule has 0 aliphatic carbocycles. The quantitative estimate of drug-likeness (QED) is 0.736. The smallest absolute Gasteiger partial charge is 0.119 e. The number of hydrogen-bond donors (Lipinski definition) is 0. The molecular weight excluding hydrogens is 186 g/mol. The predicted octanol–water partition coefficient (Wildman–Crippen LogP) is 2.65. The number of nitrogens with zero attached hydrogens (tertiary/aromatic N) is 1. The molecule has 0 N–H and O–H groups in total. The van der Waals surface area contributed by atoms with Crippen LogP contribution >= 0.6 is 0 Å². The first-order valence-corrected chi connectivity index (χ1v) is 5.32. The minimum atomic E-state index is 0.180. The molecule has 0 unspecified atom stereocenters. The minimum Gasteiger partial charge on any atom is -0.493 e. The monoisotopic (exact) mass is 207 g/mol. The first-order chi connectivity index (χ1) is 6.99. The molecule has 0 spiro atoms. The van der Waals surface area contributed by atoms with Gasteiger partial charge in [0.15, 0.2) is 0 Å². The van der Waals surface area contributed by atoms with E-state index in [1.807, 2.05) is 30.3 Å². The van der Waals surface area contributed by atoms with E-state index in [1.54, 1.807) is 0 Å². The van der Waals surface area contributed by atoms with Gasteiger partial charge in [0, 0.05) is 12.0 Å². The third kappa shape index (κ3) is 4.84. The van der Waals surface area contributed by atoms with E-state index < -0.39 is 0 Å². The van der Waals surface area contributed by atoms with Crippen molar-refractivity contribution in [2.24, 2.45) is 5.41 Å². The van der Waals surface area contributed by atoms with Crippen molar-refractivity contribution in [1.82, 2.24) is 4.90 Å². The van der Waals surface area contributed by atoms with E-state index in [0.29, 0.717) is 0 Å². The summed E-state index contributed by atoms with van der Waals surface area (Å²) < 4.78 is 5.74. The lowest BCUT2D eigenvalue weighted by Gasteiger charge is -2.28. The van der Waals surface area contributed by atoms with Crippen LogP contribution in [0.2, 0.25) is 0 Å². The molecule has 0 aliphatic rings. The lowest BCUT2D eigenvalue weighted by molar-refractivity contribution is 0.141. The van der Waals surface area contributed by atoms with Crippen molar-refractivity contribution in [2.45, 2.75) is 13.8 Å². The Morgan fingerprint density at radius 2 is 1.73 bits per heavy atom. The topological polar surface area (TPSA) is 12.5 Å². The van der Waals surface area contributed by atoms with E-state index in [0.717, 1.165) is 18.9 Å². The molecule has 2 heteroatoms. The van der Waals surface area contributed by atoms with Gasteiger partial charge in [-0.1, -0.05) is 32.0 Å². The summed E-state index contributed by atoms with van der Waals surface area (Å²) in [7, 11) is 4.18. The molecule has 84 valence electrons. The third-order valence-electron chi connectivity index (χ3n) is 2.12. The van der Waals surface area contributed by atoms with Gasteiger partial charge in [-0.3, -0.25) is 0 Å². The zero-order valence-corrected chi connectivity index (χ0v) is 10.2. The summed E-state index contributed by atoms with van der Waals surface area (Å²) in [5, 5.41) is 0. The Kier molecular flexibility index (Phi) is 4.15. The van der Waals surface area contributed by atoms with Crippen LogP contribution in [0, 0.1) is 5.41 Å². The summed E-state index contributed by atoms with van der Waals surface area (Å²) in [6, 6.07) is 9.97. The van der Waals surface area contributed by atoms with Gasteiger partial charge in [-0.2, -0.15) is 0 Å². The molecule has 0 amide bonds. The van der Waals surface area contributed by atoms with Crippen LogP contribution in [0.3, 0.4) is 0 Å². The molecule has 1 aromatic rings. The molecule has 1 rings (SSSR count). The fourth-order valence-electron chi connectivity index (χ4n) is 1.70. The summed E-state index contributed by atoms with van der Waals surface area (Å²) in [5.74, 6) is 0.948. The molecule has 0 heterocycles. The van der Waals surface area contributed by atoms with Crippen LogP contribution in [-0.4, -0.2) is 32.1 Å². The van der Waals surface area contributed by atoms with Crippen LogP contribution in [0.25, 0.3) is 0 Å². The van der Waals surface area contributed by atoms with E-state index >= 15 is 0 Å². The first kappa shape index (κ1) is 12.1. The minimum absolute atomic E-state index is 0.180. The van der Waals surface area contributed by atoms with E-state index in [1.165, 1.54) is 0 Å². The van der Waals surface area contributed by atoms with Gasteiger partial charge < -0.3 is 9.64 Å². The summed E-state index contributed by atoms with van der Waals surface area (Å²) in [6.07, 6.45) is 0. The van der Waals surface area contributed by atoms with Crippen molar-refractivity contribution in [2.75, 3.05) is 27.2 Å². The predicted molar refractivity (Wildman–Crippen MR) is 64.3 cm³/mol. The van der Waals surface area contributed by atoms with Crippen LogP contribution in [-0.2, 0) is 0 Å². The van der Waals surface area contributed by atoms with Crippen LogP contribution in [0.1, 0.15) is 13.8 Å². The zero-order chi connectivity index (χ0) is 11.3. The third-order valence-corrected chi connectivity index (χ3v) is 2.12. The van der Waals surface area contributed by atoms with Gasteiger partial charge in [0.1, 0.15) is 5.75 Å². The van der Waals surface area contributed by atoms with Crippen LogP contribution < -0.4 is 4.74 Å². The Balaban J connectivity index is 2.42. The molecule has 0 radical (unpaired) electrons. The highest BCUT2D eigenvalue weighted by atomic mass is 16.5. The number of para-hydroxylation sites is 1. The summed E-state index contributed by atoms with van der Waals surface area (Å²) in [6.45, 7) is 6.21. The normalized spacial score (nSPS) is 11.8. The molecule has 0 atom stereocenters. The molecule has 0 aromatic heterocycles.